The van der Waals surface area contributed by atoms with Crippen LogP contribution in [0.5, 0.6) is 5.88 Å². The van der Waals surface area contributed by atoms with Gasteiger partial charge in [-0.1, -0.05) is 54.6 Å². The summed E-state index contributed by atoms with van der Waals surface area (Å²) in [5, 5.41) is 20.3. The van der Waals surface area contributed by atoms with Crippen LogP contribution in [0, 0.1) is 0 Å². The molecule has 2 aromatic carbocycles. The van der Waals surface area contributed by atoms with Crippen molar-refractivity contribution in [3.05, 3.63) is 93.7 Å². The lowest BCUT2D eigenvalue weighted by Crippen LogP contribution is -2.29. The first kappa shape index (κ1) is 22.1. The van der Waals surface area contributed by atoms with E-state index < -0.39 is 11.2 Å². The topological polar surface area (TPSA) is 123 Å². The van der Waals surface area contributed by atoms with Crippen molar-refractivity contribution in [2.24, 2.45) is 17.3 Å². The van der Waals surface area contributed by atoms with Gasteiger partial charge in [-0.15, -0.1) is 16.8 Å². The van der Waals surface area contributed by atoms with E-state index in [-0.39, 0.29) is 34.7 Å². The molecule has 35 heavy (non-hydrogen) atoms. The number of hydrogen-bond donors (Lipinski definition) is 2. The number of aromatic hydroxyl groups is 1. The fourth-order valence-electron chi connectivity index (χ4n) is 4.29. The van der Waals surface area contributed by atoms with E-state index in [0.29, 0.717) is 11.9 Å². The summed E-state index contributed by atoms with van der Waals surface area (Å²) >= 11 is 0. The van der Waals surface area contributed by atoms with Crippen LogP contribution < -0.4 is 11.2 Å². The Bertz CT molecular complexity index is 1720. The predicted octanol–water partition coefficient (Wildman–Crippen LogP) is 4.29. The first-order valence-electron chi connectivity index (χ1n) is 11.0. The van der Waals surface area contributed by atoms with E-state index in [4.69, 9.17) is 0 Å². The number of nitrogens with one attached hydrogen (secondary N) is 1. The van der Waals surface area contributed by atoms with Crippen molar-refractivity contribution < 1.29 is 5.11 Å². The average molecular weight is 470 g/mol. The van der Waals surface area contributed by atoms with Gasteiger partial charge >= 0.3 is 5.69 Å². The Morgan fingerprint density at radius 1 is 1.11 bits per heavy atom. The molecule has 0 saturated heterocycles. The van der Waals surface area contributed by atoms with E-state index in [1.165, 1.54) is 11.6 Å². The molecule has 0 amide bonds. The molecule has 0 fully saturated rings. The minimum absolute atomic E-state index is 0.0566. The van der Waals surface area contributed by atoms with E-state index in [1.54, 1.807) is 15.2 Å². The fourth-order valence-corrected chi connectivity index (χ4v) is 4.29. The SMILES string of the molecule is C=CCn1c(O)c(N=Nc2nc3c(c(=O)[nH]c(=O)n3C)n2[C@H](C)c2ccccc2)c2ccccc21. The number of aromatic amines is 1. The minimum atomic E-state index is -0.576. The summed E-state index contributed by atoms with van der Waals surface area (Å²) in [5.74, 6) is 0.0712. The molecule has 0 spiro atoms. The standard InChI is InChI=1S/C25H23N7O3/c1-4-14-31-18-13-9-8-12-17(18)19(23(31)34)28-29-24-26-21-20(22(33)27-25(35)30(21)3)32(24)15(2)16-10-6-5-7-11-16/h4-13,15,34H,1,14H2,2-3H3,(H,27,33,35)/t15-/m1/s1. The van der Waals surface area contributed by atoms with Crippen LogP contribution in [0.25, 0.3) is 22.1 Å². The summed E-state index contributed by atoms with van der Waals surface area (Å²) < 4.78 is 4.59. The quantitative estimate of drug-likeness (QED) is 0.284. The molecule has 5 aromatic rings. The Morgan fingerprint density at radius 3 is 2.57 bits per heavy atom. The first-order valence-corrected chi connectivity index (χ1v) is 11.0. The number of hydrogen-bond acceptors (Lipinski definition) is 6. The highest BCUT2D eigenvalue weighted by atomic mass is 16.3. The highest BCUT2D eigenvalue weighted by Gasteiger charge is 2.23. The molecule has 0 saturated carbocycles. The zero-order valence-corrected chi connectivity index (χ0v) is 19.2. The molecule has 10 heteroatoms. The van der Waals surface area contributed by atoms with Gasteiger partial charge in [0.2, 0.25) is 5.88 Å². The van der Waals surface area contributed by atoms with Crippen LogP contribution in [0.4, 0.5) is 11.6 Å². The number of nitrogens with zero attached hydrogens (tertiary/aromatic N) is 6. The highest BCUT2D eigenvalue weighted by Crippen LogP contribution is 2.39. The van der Waals surface area contributed by atoms with Crippen LogP contribution in [0.2, 0.25) is 0 Å². The van der Waals surface area contributed by atoms with Gasteiger partial charge in [0.25, 0.3) is 11.5 Å². The summed E-state index contributed by atoms with van der Waals surface area (Å²) in [6.45, 7) is 6.06. The Morgan fingerprint density at radius 2 is 1.83 bits per heavy atom. The number of aromatic nitrogens is 5. The van der Waals surface area contributed by atoms with Crippen molar-refractivity contribution in [1.82, 2.24) is 23.7 Å². The fraction of sp³-hybridized carbons (Fsp3) is 0.160. The second-order valence-electron chi connectivity index (χ2n) is 8.15. The number of rotatable bonds is 6. The molecule has 3 heterocycles. The average Bonchev–Trinajstić information content (AvgIpc) is 3.38. The summed E-state index contributed by atoms with van der Waals surface area (Å²) in [7, 11) is 1.53. The van der Waals surface area contributed by atoms with Crippen LogP contribution in [0.1, 0.15) is 18.5 Å². The molecule has 0 radical (unpaired) electrons. The van der Waals surface area contributed by atoms with Gasteiger partial charge < -0.3 is 9.67 Å². The van der Waals surface area contributed by atoms with Crippen molar-refractivity contribution >= 4 is 33.7 Å². The molecular weight excluding hydrogens is 446 g/mol. The molecule has 10 nitrogen and oxygen atoms in total. The third-order valence-electron chi connectivity index (χ3n) is 6.07. The van der Waals surface area contributed by atoms with Crippen LogP contribution in [-0.4, -0.2) is 28.8 Å². The number of para-hydroxylation sites is 1. The second kappa shape index (κ2) is 8.56. The van der Waals surface area contributed by atoms with Crippen molar-refractivity contribution in [2.45, 2.75) is 19.5 Å². The van der Waals surface area contributed by atoms with Crippen LogP contribution in [0.15, 0.2) is 87.1 Å². The van der Waals surface area contributed by atoms with Crippen LogP contribution in [-0.2, 0) is 13.6 Å². The third-order valence-corrected chi connectivity index (χ3v) is 6.07. The zero-order valence-electron chi connectivity index (χ0n) is 19.2. The Labute approximate surface area is 199 Å². The van der Waals surface area contributed by atoms with Gasteiger partial charge in [0.15, 0.2) is 16.9 Å². The molecule has 2 N–H and O–H groups in total. The summed E-state index contributed by atoms with van der Waals surface area (Å²) in [6.07, 6.45) is 1.68. The number of azo groups is 1. The molecule has 0 aliphatic rings. The number of H-pyrrole nitrogens is 1. The highest BCUT2D eigenvalue weighted by molar-refractivity contribution is 5.95. The number of aryl methyl sites for hydroxylation is 1. The molecule has 0 aliphatic carbocycles. The normalized spacial score (nSPS) is 12.6. The van der Waals surface area contributed by atoms with Gasteiger partial charge in [-0.25, -0.2) is 4.79 Å². The maximum Gasteiger partial charge on any atom is 0.329 e. The van der Waals surface area contributed by atoms with Crippen LogP contribution in [0.3, 0.4) is 0 Å². The number of benzene rings is 2. The third kappa shape index (κ3) is 3.55. The summed E-state index contributed by atoms with van der Waals surface area (Å²) in [4.78, 5) is 31.9. The lowest BCUT2D eigenvalue weighted by Gasteiger charge is -2.15. The van der Waals surface area contributed by atoms with E-state index in [1.807, 2.05) is 61.5 Å². The summed E-state index contributed by atoms with van der Waals surface area (Å²) in [6, 6.07) is 16.7. The Balaban J connectivity index is 1.75. The minimum Gasteiger partial charge on any atom is -0.493 e. The monoisotopic (exact) mass is 469 g/mol. The van der Waals surface area contributed by atoms with Crippen LogP contribution >= 0.6 is 0 Å². The van der Waals surface area contributed by atoms with E-state index >= 15 is 0 Å². The number of fused-ring (bicyclic) bond motifs is 2. The first-order chi connectivity index (χ1) is 16.9. The maximum atomic E-state index is 12.8. The van der Waals surface area contributed by atoms with E-state index in [0.717, 1.165) is 11.1 Å². The molecule has 176 valence electrons. The molecule has 3 aromatic heterocycles. The van der Waals surface area contributed by atoms with Gasteiger partial charge in [0.05, 0.1) is 11.6 Å². The second-order valence-corrected chi connectivity index (χ2v) is 8.15. The molecule has 0 bridgehead atoms. The van der Waals surface area contributed by atoms with E-state index in [9.17, 15) is 14.7 Å². The molecule has 0 unspecified atom stereocenters. The van der Waals surface area contributed by atoms with E-state index in [2.05, 4.69) is 26.8 Å². The Hall–Kier alpha value is -4.73. The Kier molecular flexibility index (Phi) is 5.40. The molecule has 1 atom stereocenters. The van der Waals surface area contributed by atoms with Gasteiger partial charge in [0, 0.05) is 19.0 Å². The zero-order chi connectivity index (χ0) is 24.7. The van der Waals surface area contributed by atoms with Crippen molar-refractivity contribution in [3.8, 4) is 5.88 Å². The molecular formula is C25H23N7O3. The molecule has 5 rings (SSSR count). The van der Waals surface area contributed by atoms with Gasteiger partial charge in [-0.05, 0) is 18.6 Å². The predicted molar refractivity (Wildman–Crippen MR) is 134 cm³/mol. The van der Waals surface area contributed by atoms with Gasteiger partial charge in [-0.2, -0.15) is 4.98 Å². The lowest BCUT2D eigenvalue weighted by atomic mass is 10.1. The smallest absolute Gasteiger partial charge is 0.329 e. The van der Waals surface area contributed by atoms with Crippen molar-refractivity contribution in [2.75, 3.05) is 0 Å². The van der Waals surface area contributed by atoms with Crippen molar-refractivity contribution in [3.63, 3.8) is 0 Å². The number of allylic oxidation sites excluding steroid dienone is 1. The maximum absolute atomic E-state index is 12.8. The van der Waals surface area contributed by atoms with Gasteiger partial charge in [0.1, 0.15) is 0 Å². The number of imidazole rings is 1. The lowest BCUT2D eigenvalue weighted by molar-refractivity contribution is 0.431. The summed E-state index contributed by atoms with van der Waals surface area (Å²) in [5.41, 5.74) is 1.23. The van der Waals surface area contributed by atoms with Gasteiger partial charge in [-0.3, -0.25) is 18.9 Å². The van der Waals surface area contributed by atoms with Crippen molar-refractivity contribution in [1.29, 1.82) is 0 Å². The largest absolute Gasteiger partial charge is 0.493 e. The molecule has 0 aliphatic heterocycles.